The molecule has 0 aromatic rings. The lowest BCUT2D eigenvalue weighted by Crippen LogP contribution is -2.70. The standard InChI is InChI=1S/C42H72O65S12/c1-8-15(43)24(102-114(65,66)67)17(45)37(84-8)95-32-27(91-41-33(105-117(74,75)76)28(21(12(5)88-41)99-111(56,57)58)92-38-25(103-115(68,69)70)16(44)18(9(2)85-38)96-108(47,48)49)20(98-110(53,54)55)11(4)86-39(32)93-29-22(100-112(59,60)61)13(6)89-42(34(29)106-118(77,78)79)94-30-23(101-113(62,63)64)14(7)87-40(35(30)107-119(80,81)82)90-26-19(97-109(50,51)52)10(3)83-36(46)31(26)104-116(71,72)73/h8-46H,1-7H3,(H,47,48,49)(H,50,51,52)(H,53,54,55)(H,56,57,58)(H,59,60,61)(H,62,63,64)(H,65,66,67)(H,68,69,70)(H,71,72,73)(H,74,75,76)(H,77,78,79)(H,80,81,82)/t8-,9-,10-,11-,12-,13-,14-,15+,16+,17-,18+,19+,20+,21+,22+,23+,24+,25-,26+,27+,28+,29+,30+,31-,32-,33-,34-,35-,36-,37-,38-,39-,40-,41-,42-/m0/s1. The Balaban J connectivity index is 1.51. The average molecular weight is 2000 g/mol. The maximum atomic E-state index is 13.3. The van der Waals surface area contributed by atoms with Crippen LogP contribution in [-0.4, -0.2) is 391 Å². The predicted octanol–water partition coefficient (Wildman–Crippen LogP) is -11.2. The third-order valence-electron chi connectivity index (χ3n) is 16.7. The largest absolute Gasteiger partial charge is 0.397 e. The Hall–Kier alpha value is -2.24. The van der Waals surface area contributed by atoms with E-state index < -0.39 is 340 Å². The van der Waals surface area contributed by atoms with Crippen molar-refractivity contribution in [1.29, 1.82) is 0 Å². The highest BCUT2D eigenvalue weighted by Crippen LogP contribution is 2.44. The molecule has 7 heterocycles. The summed E-state index contributed by atoms with van der Waals surface area (Å²) in [7, 11) is -74.6. The Morgan fingerprint density at radius 2 is 0.345 bits per heavy atom. The first-order chi connectivity index (χ1) is 53.4. The van der Waals surface area contributed by atoms with Crippen molar-refractivity contribution in [1.82, 2.24) is 0 Å². The van der Waals surface area contributed by atoms with Crippen LogP contribution < -0.4 is 0 Å². The van der Waals surface area contributed by atoms with Gasteiger partial charge in [-0.25, -0.2) is 50.2 Å². The molecule has 35 atom stereocenters. The first-order valence-corrected chi connectivity index (χ1v) is 47.9. The van der Waals surface area contributed by atoms with Crippen LogP contribution in [0.2, 0.25) is 0 Å². The Labute approximate surface area is 672 Å². The summed E-state index contributed by atoms with van der Waals surface area (Å²) in [6.07, 6.45) is -104. The molecule has 702 valence electrons. The highest BCUT2D eigenvalue weighted by molar-refractivity contribution is 7.83. The zero-order chi connectivity index (χ0) is 90.9. The van der Waals surface area contributed by atoms with E-state index >= 15 is 0 Å². The zero-order valence-electron chi connectivity index (χ0n) is 59.3. The van der Waals surface area contributed by atoms with Crippen molar-refractivity contribution in [3.05, 3.63) is 0 Å². The molecule has 7 rings (SSSR count). The predicted molar refractivity (Wildman–Crippen MR) is 347 cm³/mol. The summed E-state index contributed by atoms with van der Waals surface area (Å²) in [5.41, 5.74) is 0. The van der Waals surface area contributed by atoms with Gasteiger partial charge in [-0.2, -0.15) is 101 Å². The van der Waals surface area contributed by atoms with Gasteiger partial charge in [-0.3, -0.25) is 54.6 Å². The SMILES string of the molecule is C[C@@H]1O[C@@H](O[C@@H]2[C@H](O[C@H]3[C@H](OS(=O)(=O)O)[C@H](O[C@H]4[C@H](OS(=O)(=O)O)[C@H](O[C@@H]5[C@H](OS(=O)(=O)O)[C@H](C)O[C@H](O)[C@H]5OS(=O)(=O)O)O[C@@H](C)[C@H]4OS(=O)(=O)O)O[C@@H](C)[C@H]3OS(=O)(=O)O)O[C@@H](C)[C@@H](OS(=O)(=O)O)[C@H]2O[C@@H]2O[C@@H](C)[C@@H](OS(=O)(=O)O)[C@@H](O[C@@H]3O[C@@H](C)[C@@H](OS(=O)(=O)O)[C@@H](O)[C@@H]3OS(=O)(=O)O)[C@@H]2OS(=O)(=O)O)[C@@H](O)[C@H](OS(=O)(=O)O)[C@@H]1O. The topological polar surface area (TPSA) is 964 Å². The smallest absolute Gasteiger partial charge is 0.388 e. The number of hydrogen-bond acceptors (Lipinski definition) is 53. The van der Waals surface area contributed by atoms with Gasteiger partial charge in [0.05, 0.1) is 42.7 Å². The molecule has 0 unspecified atom stereocenters. The number of aliphatic hydroxyl groups excluding tert-OH is 4. The third-order valence-corrected chi connectivity index (χ3v) is 22.3. The molecule has 0 radical (unpaired) electrons. The summed E-state index contributed by atoms with van der Waals surface area (Å²) in [4.78, 5) is 0. The van der Waals surface area contributed by atoms with E-state index in [0.717, 1.165) is 13.8 Å². The fourth-order valence-electron chi connectivity index (χ4n) is 12.5. The maximum Gasteiger partial charge on any atom is 0.397 e. The lowest BCUT2D eigenvalue weighted by atomic mass is 9.95. The lowest BCUT2D eigenvalue weighted by Gasteiger charge is -2.52. The second-order valence-electron chi connectivity index (χ2n) is 25.4. The molecule has 0 spiro atoms. The molecule has 0 amide bonds. The van der Waals surface area contributed by atoms with E-state index in [-0.39, 0.29) is 0 Å². The molecule has 77 heteroatoms. The van der Waals surface area contributed by atoms with Crippen molar-refractivity contribution in [2.45, 2.75) is 263 Å². The second kappa shape index (κ2) is 38.2. The molecule has 7 fully saturated rings. The monoisotopic (exact) mass is 2000 g/mol. The van der Waals surface area contributed by atoms with E-state index in [1.54, 1.807) is 0 Å². The van der Waals surface area contributed by atoms with Crippen LogP contribution in [0.25, 0.3) is 0 Å². The lowest BCUT2D eigenvalue weighted by molar-refractivity contribution is -0.403. The summed E-state index contributed by atoms with van der Waals surface area (Å²) in [6.45, 7) is 4.33. The Morgan fingerprint density at radius 3 is 0.622 bits per heavy atom. The molecular weight excluding hydrogens is 1930 g/mol. The molecule has 7 aliphatic heterocycles. The van der Waals surface area contributed by atoms with Gasteiger partial charge in [0.1, 0.15) is 97.7 Å². The Morgan fingerprint density at radius 1 is 0.168 bits per heavy atom. The Kier molecular flexibility index (Phi) is 33.3. The van der Waals surface area contributed by atoms with Gasteiger partial charge in [0, 0.05) is 0 Å². The molecule has 0 aliphatic carbocycles. The highest BCUT2D eigenvalue weighted by atomic mass is 32.3. The zero-order valence-corrected chi connectivity index (χ0v) is 69.1. The molecular formula is C42H72O65S12. The van der Waals surface area contributed by atoms with E-state index in [9.17, 15) is 176 Å². The Bertz CT molecular complexity index is 4930. The average Bonchev–Trinajstić information content (AvgIpc) is 0.752. The van der Waals surface area contributed by atoms with Gasteiger partial charge in [0.25, 0.3) is 0 Å². The molecule has 0 bridgehead atoms. The van der Waals surface area contributed by atoms with Crippen molar-refractivity contribution in [3.63, 3.8) is 0 Å². The quantitative estimate of drug-likeness (QED) is 0.0259. The van der Waals surface area contributed by atoms with Crippen molar-refractivity contribution < 1.29 is 288 Å². The molecule has 119 heavy (non-hydrogen) atoms. The normalized spacial score (nSPS) is 40.8. The van der Waals surface area contributed by atoms with Gasteiger partial charge in [-0.1, -0.05) is 0 Å². The molecule has 16 N–H and O–H groups in total. The van der Waals surface area contributed by atoms with Gasteiger partial charge in [-0.15, -0.1) is 0 Å². The minimum Gasteiger partial charge on any atom is -0.388 e. The summed E-state index contributed by atoms with van der Waals surface area (Å²) < 4.78 is 553. The van der Waals surface area contributed by atoms with Crippen LogP contribution in [0, 0.1) is 0 Å². The fraction of sp³-hybridized carbons (Fsp3) is 1.00. The molecule has 0 saturated carbocycles. The van der Waals surface area contributed by atoms with Crippen LogP contribution >= 0.6 is 0 Å². The number of aliphatic hydroxyl groups is 4. The summed E-state index contributed by atoms with van der Waals surface area (Å²) in [6, 6.07) is 0. The molecule has 65 nitrogen and oxygen atoms in total. The minimum absolute atomic E-state index is 0.511. The van der Waals surface area contributed by atoms with Gasteiger partial charge in [0.2, 0.25) is 0 Å². The van der Waals surface area contributed by atoms with Crippen LogP contribution in [0.4, 0.5) is 0 Å². The first-order valence-electron chi connectivity index (χ1n) is 31.6. The van der Waals surface area contributed by atoms with Crippen LogP contribution in [0.1, 0.15) is 48.5 Å². The van der Waals surface area contributed by atoms with Crippen LogP contribution in [0.15, 0.2) is 0 Å². The van der Waals surface area contributed by atoms with Crippen molar-refractivity contribution >= 4 is 125 Å². The minimum atomic E-state index is -6.62. The van der Waals surface area contributed by atoms with Gasteiger partial charge in [-0.05, 0) is 48.5 Å². The van der Waals surface area contributed by atoms with Gasteiger partial charge >= 0.3 is 125 Å². The van der Waals surface area contributed by atoms with E-state index in [0.29, 0.717) is 34.6 Å². The van der Waals surface area contributed by atoms with Gasteiger partial charge < -0.3 is 82.0 Å². The number of hydrogen-bond donors (Lipinski definition) is 16. The van der Waals surface area contributed by atoms with Gasteiger partial charge in [0.15, 0.2) is 74.6 Å². The van der Waals surface area contributed by atoms with Crippen molar-refractivity contribution in [3.8, 4) is 0 Å². The molecule has 0 aromatic carbocycles. The van der Waals surface area contributed by atoms with E-state index in [1.165, 1.54) is 0 Å². The van der Waals surface area contributed by atoms with E-state index in [1.807, 2.05) is 0 Å². The van der Waals surface area contributed by atoms with Crippen molar-refractivity contribution in [2.24, 2.45) is 0 Å². The highest BCUT2D eigenvalue weighted by Gasteiger charge is 2.64. The van der Waals surface area contributed by atoms with E-state index in [4.69, 9.17) is 78.3 Å². The van der Waals surface area contributed by atoms with Crippen LogP contribution in [0.5, 0.6) is 0 Å². The first kappa shape index (κ1) is 104. The van der Waals surface area contributed by atoms with Crippen LogP contribution in [0.3, 0.4) is 0 Å². The summed E-state index contributed by atoms with van der Waals surface area (Å²) in [5.74, 6) is 0. The van der Waals surface area contributed by atoms with E-state index in [2.05, 4.69) is 33.5 Å². The maximum absolute atomic E-state index is 13.3. The van der Waals surface area contributed by atoms with Crippen LogP contribution in [-0.2, 0) is 237 Å². The number of rotatable bonds is 36. The molecule has 0 aromatic heterocycles. The summed E-state index contributed by atoms with van der Waals surface area (Å²) >= 11 is 0. The molecule has 7 aliphatic rings. The van der Waals surface area contributed by atoms with Crippen molar-refractivity contribution in [2.75, 3.05) is 0 Å². The summed E-state index contributed by atoms with van der Waals surface area (Å²) in [5, 5.41) is 45.0. The number of ether oxygens (including phenoxy) is 13. The molecule has 7 saturated heterocycles. The fourth-order valence-corrected chi connectivity index (χ4v) is 18.7. The second-order valence-corrected chi connectivity index (χ2v) is 38.0. The third kappa shape index (κ3) is 30.5.